The molecule has 2 heteroatoms. The molecule has 0 nitrogen and oxygen atoms in total. The predicted octanol–water partition coefficient (Wildman–Crippen LogP) is 3.55. The van der Waals surface area contributed by atoms with Gasteiger partial charge >= 0.3 is 0 Å². The first-order valence-electron chi connectivity index (χ1n) is 5.11. The summed E-state index contributed by atoms with van der Waals surface area (Å²) in [6, 6.07) is 16.7. The van der Waals surface area contributed by atoms with Crippen LogP contribution in [0.5, 0.6) is 0 Å². The monoisotopic (exact) mass is 266 g/mol. The molecule has 3 rings (SSSR count). The van der Waals surface area contributed by atoms with Crippen LogP contribution in [0.3, 0.4) is 0 Å². The van der Waals surface area contributed by atoms with E-state index in [0.717, 1.165) is 9.94 Å². The zero-order chi connectivity index (χ0) is 11.1. The third-order valence-corrected chi connectivity index (χ3v) is 3.27. The van der Waals surface area contributed by atoms with Crippen molar-refractivity contribution in [1.29, 1.82) is 0 Å². The van der Waals surface area contributed by atoms with Crippen molar-refractivity contribution in [1.82, 2.24) is 0 Å². The van der Waals surface area contributed by atoms with Gasteiger partial charge in [-0.25, -0.2) is 0 Å². The highest BCUT2D eigenvalue weighted by Gasteiger charge is 1.98. The molecule has 3 aromatic rings. The van der Waals surface area contributed by atoms with Gasteiger partial charge in [0.25, 0.3) is 0 Å². The highest BCUT2D eigenvalue weighted by Crippen LogP contribution is 2.24. The van der Waals surface area contributed by atoms with Gasteiger partial charge in [0.05, 0.1) is 0 Å². The molecule has 0 aliphatic carbocycles. The van der Waals surface area contributed by atoms with Crippen LogP contribution in [0, 0.1) is 0 Å². The summed E-state index contributed by atoms with van der Waals surface area (Å²) in [7, 11) is 5.78. The van der Waals surface area contributed by atoms with Gasteiger partial charge in [0.1, 0.15) is 7.85 Å². The average molecular weight is 267 g/mol. The van der Waals surface area contributed by atoms with Crippen LogP contribution in [0.1, 0.15) is 0 Å². The third-order valence-electron chi connectivity index (χ3n) is 2.78. The molecule has 0 amide bonds. The lowest BCUT2D eigenvalue weighted by Gasteiger charge is -2.04. The maximum atomic E-state index is 5.78. The summed E-state index contributed by atoms with van der Waals surface area (Å²) in [5, 5.41) is 4.89. The first-order chi connectivity index (χ1) is 7.72. The topological polar surface area (TPSA) is 0 Å². The Balaban J connectivity index is 2.44. The minimum absolute atomic E-state index is 0.809. The molecule has 0 aromatic heterocycles. The highest BCUT2D eigenvalue weighted by molar-refractivity contribution is 9.10. The molecular weight excluding hydrogens is 259 g/mol. The highest BCUT2D eigenvalue weighted by atomic mass is 79.9. The number of fused-ring (bicyclic) bond motifs is 2. The second-order valence-corrected chi connectivity index (χ2v) is 4.87. The Kier molecular flexibility index (Phi) is 2.25. The van der Waals surface area contributed by atoms with Crippen molar-refractivity contribution < 1.29 is 0 Å². The Morgan fingerprint density at radius 3 is 2.06 bits per heavy atom. The second-order valence-electron chi connectivity index (χ2n) is 3.95. The quantitative estimate of drug-likeness (QED) is 0.431. The molecular formula is C14H8BBr. The lowest BCUT2D eigenvalue weighted by molar-refractivity contribution is 1.73. The summed E-state index contributed by atoms with van der Waals surface area (Å²) in [6.07, 6.45) is 0. The summed E-state index contributed by atoms with van der Waals surface area (Å²) in [6.45, 7) is 0. The van der Waals surface area contributed by atoms with Gasteiger partial charge in [0.15, 0.2) is 0 Å². The Morgan fingerprint density at radius 2 is 1.31 bits per heavy atom. The zero-order valence-electron chi connectivity index (χ0n) is 8.57. The van der Waals surface area contributed by atoms with Crippen molar-refractivity contribution in [3.8, 4) is 0 Å². The number of hydrogen-bond donors (Lipinski definition) is 0. The maximum absolute atomic E-state index is 5.78. The van der Waals surface area contributed by atoms with Crippen LogP contribution in [0.4, 0.5) is 0 Å². The van der Waals surface area contributed by atoms with Gasteiger partial charge in [-0.05, 0) is 45.8 Å². The lowest BCUT2D eigenvalue weighted by Crippen LogP contribution is -1.99. The van der Waals surface area contributed by atoms with E-state index in [2.05, 4.69) is 52.3 Å². The van der Waals surface area contributed by atoms with Crippen LogP contribution in [-0.2, 0) is 0 Å². The fourth-order valence-electron chi connectivity index (χ4n) is 1.99. The summed E-state index contributed by atoms with van der Waals surface area (Å²) < 4.78 is 1.11. The van der Waals surface area contributed by atoms with Crippen LogP contribution in [0.25, 0.3) is 21.5 Å². The summed E-state index contributed by atoms with van der Waals surface area (Å²) >= 11 is 3.49. The Hall–Kier alpha value is -1.28. The molecule has 0 heterocycles. The van der Waals surface area contributed by atoms with E-state index in [1.54, 1.807) is 0 Å². The van der Waals surface area contributed by atoms with E-state index >= 15 is 0 Å². The third kappa shape index (κ3) is 1.63. The SMILES string of the molecule is [B]c1ccc2cc3cc(Br)ccc3cc2c1. The minimum atomic E-state index is 0.809. The first-order valence-corrected chi connectivity index (χ1v) is 5.90. The standard InChI is InChI=1S/C14H8BBr/c15-13-3-1-9-6-12-8-14(16)4-2-10(12)5-11(9)7-13/h1-8H. The molecule has 0 fully saturated rings. The van der Waals surface area contributed by atoms with Crippen LogP contribution in [-0.4, -0.2) is 7.85 Å². The molecule has 0 aliphatic rings. The van der Waals surface area contributed by atoms with E-state index in [-0.39, 0.29) is 0 Å². The van der Waals surface area contributed by atoms with E-state index in [9.17, 15) is 0 Å². The van der Waals surface area contributed by atoms with Crippen molar-refractivity contribution in [2.75, 3.05) is 0 Å². The van der Waals surface area contributed by atoms with Gasteiger partial charge in [-0.1, -0.05) is 45.7 Å². The van der Waals surface area contributed by atoms with Crippen LogP contribution in [0.2, 0.25) is 0 Å². The summed E-state index contributed by atoms with van der Waals surface area (Å²) in [4.78, 5) is 0. The fourth-order valence-corrected chi connectivity index (χ4v) is 2.37. The van der Waals surface area contributed by atoms with Gasteiger partial charge in [0.2, 0.25) is 0 Å². The van der Waals surface area contributed by atoms with Crippen LogP contribution < -0.4 is 5.46 Å². The molecule has 3 aromatic carbocycles. The van der Waals surface area contributed by atoms with Crippen LogP contribution >= 0.6 is 15.9 Å². The predicted molar refractivity (Wildman–Crippen MR) is 74.5 cm³/mol. The zero-order valence-corrected chi connectivity index (χ0v) is 10.2. The molecule has 0 spiro atoms. The van der Waals surface area contributed by atoms with E-state index in [1.165, 1.54) is 21.5 Å². The van der Waals surface area contributed by atoms with E-state index in [0.29, 0.717) is 0 Å². The van der Waals surface area contributed by atoms with Gasteiger partial charge in [-0.3, -0.25) is 0 Å². The number of benzene rings is 3. The number of rotatable bonds is 0. The number of hydrogen-bond acceptors (Lipinski definition) is 0. The van der Waals surface area contributed by atoms with Crippen molar-refractivity contribution in [2.45, 2.75) is 0 Å². The molecule has 2 radical (unpaired) electrons. The molecule has 0 bridgehead atoms. The van der Waals surface area contributed by atoms with Gasteiger partial charge in [0, 0.05) is 4.47 Å². The average Bonchev–Trinajstić information content (AvgIpc) is 2.26. The van der Waals surface area contributed by atoms with Crippen molar-refractivity contribution in [2.24, 2.45) is 0 Å². The van der Waals surface area contributed by atoms with E-state index < -0.39 is 0 Å². The van der Waals surface area contributed by atoms with Crippen molar-refractivity contribution in [3.05, 3.63) is 53.0 Å². The molecule has 74 valence electrons. The van der Waals surface area contributed by atoms with Crippen molar-refractivity contribution in [3.63, 3.8) is 0 Å². The van der Waals surface area contributed by atoms with Gasteiger partial charge in [-0.2, -0.15) is 0 Å². The smallest absolute Gasteiger partial charge is 0.0960 e. The summed E-state index contributed by atoms with van der Waals surface area (Å²) in [5.74, 6) is 0. The minimum Gasteiger partial charge on any atom is -0.0960 e. The largest absolute Gasteiger partial charge is 0.113 e. The Bertz CT molecular complexity index is 627. The maximum Gasteiger partial charge on any atom is 0.113 e. The molecule has 0 unspecified atom stereocenters. The van der Waals surface area contributed by atoms with E-state index in [1.807, 2.05) is 12.1 Å². The molecule has 0 saturated heterocycles. The molecule has 0 atom stereocenters. The lowest BCUT2D eigenvalue weighted by atomic mass is 9.92. The second kappa shape index (κ2) is 3.64. The molecule has 0 N–H and O–H groups in total. The van der Waals surface area contributed by atoms with E-state index in [4.69, 9.17) is 7.85 Å². The normalized spacial score (nSPS) is 11.1. The molecule has 0 aliphatic heterocycles. The molecule has 0 saturated carbocycles. The van der Waals surface area contributed by atoms with Gasteiger partial charge < -0.3 is 0 Å². The van der Waals surface area contributed by atoms with Gasteiger partial charge in [-0.15, -0.1) is 0 Å². The first kappa shape index (κ1) is 9.92. The summed E-state index contributed by atoms with van der Waals surface area (Å²) in [5.41, 5.74) is 0.809. The number of halogens is 1. The van der Waals surface area contributed by atoms with Crippen LogP contribution in [0.15, 0.2) is 53.0 Å². The van der Waals surface area contributed by atoms with Crippen molar-refractivity contribution >= 4 is 50.8 Å². The molecule has 16 heavy (non-hydrogen) atoms. The Morgan fingerprint density at radius 1 is 0.688 bits per heavy atom. The Labute approximate surface area is 104 Å². The fraction of sp³-hybridized carbons (Fsp3) is 0.